The maximum atomic E-state index is 5.74. The number of benzene rings is 1. The van der Waals surface area contributed by atoms with Crippen molar-refractivity contribution in [2.75, 3.05) is 40.0 Å². The van der Waals surface area contributed by atoms with Crippen molar-refractivity contribution in [1.29, 1.82) is 0 Å². The van der Waals surface area contributed by atoms with E-state index in [1.54, 1.807) is 7.11 Å². The van der Waals surface area contributed by atoms with Crippen LogP contribution in [-0.4, -0.2) is 56.9 Å². The van der Waals surface area contributed by atoms with Crippen LogP contribution in [0, 0.1) is 12.3 Å². The van der Waals surface area contributed by atoms with E-state index in [1.165, 1.54) is 0 Å². The number of ether oxygens (including phenoxy) is 3. The molecule has 0 radical (unpaired) electrons. The Labute approximate surface area is 186 Å². The van der Waals surface area contributed by atoms with Gasteiger partial charge in [-0.15, -0.1) is 30.4 Å². The van der Waals surface area contributed by atoms with Crippen molar-refractivity contribution in [3.63, 3.8) is 0 Å². The number of nitrogens with one attached hydrogen (secondary N) is 1. The molecule has 0 saturated carbocycles. The molecule has 6 nitrogen and oxygen atoms in total. The second-order valence-electron chi connectivity index (χ2n) is 6.29. The Morgan fingerprint density at radius 2 is 2.04 bits per heavy atom. The van der Waals surface area contributed by atoms with E-state index in [2.05, 4.69) is 23.1 Å². The van der Waals surface area contributed by atoms with Gasteiger partial charge in [-0.05, 0) is 44.4 Å². The minimum absolute atomic E-state index is 0. The summed E-state index contributed by atoms with van der Waals surface area (Å²) in [5, 5.41) is 3.39. The summed E-state index contributed by atoms with van der Waals surface area (Å²) in [5.41, 5.74) is 1.04. The molecule has 1 aliphatic heterocycles. The van der Waals surface area contributed by atoms with Crippen LogP contribution in [0.3, 0.4) is 0 Å². The first-order chi connectivity index (χ1) is 13.2. The first-order valence-corrected chi connectivity index (χ1v) is 9.59. The van der Waals surface area contributed by atoms with Crippen molar-refractivity contribution in [3.8, 4) is 23.8 Å². The minimum atomic E-state index is 0. The van der Waals surface area contributed by atoms with Crippen molar-refractivity contribution >= 4 is 29.9 Å². The van der Waals surface area contributed by atoms with E-state index < -0.39 is 0 Å². The SMILES string of the molecule is C#CCOc1cc(CN=C(NCC)N2CCC(OCC)CC2)ccc1OC.I. The molecular formula is C21H32IN3O3. The van der Waals surface area contributed by atoms with E-state index in [0.717, 1.165) is 50.6 Å². The van der Waals surface area contributed by atoms with Gasteiger partial charge in [0.2, 0.25) is 0 Å². The number of terminal acetylenes is 1. The van der Waals surface area contributed by atoms with E-state index in [4.69, 9.17) is 25.6 Å². The van der Waals surface area contributed by atoms with Gasteiger partial charge in [-0.3, -0.25) is 0 Å². The monoisotopic (exact) mass is 501 g/mol. The van der Waals surface area contributed by atoms with Gasteiger partial charge < -0.3 is 24.4 Å². The van der Waals surface area contributed by atoms with E-state index >= 15 is 0 Å². The largest absolute Gasteiger partial charge is 0.493 e. The lowest BCUT2D eigenvalue weighted by Crippen LogP contribution is -2.47. The second-order valence-corrected chi connectivity index (χ2v) is 6.29. The summed E-state index contributed by atoms with van der Waals surface area (Å²) in [6.45, 7) is 8.43. The summed E-state index contributed by atoms with van der Waals surface area (Å²) in [6.07, 6.45) is 7.72. The number of piperidine rings is 1. The van der Waals surface area contributed by atoms with Crippen LogP contribution in [0.25, 0.3) is 0 Å². The Morgan fingerprint density at radius 1 is 1.29 bits per heavy atom. The number of guanidine groups is 1. The molecule has 2 rings (SSSR count). The number of methoxy groups -OCH3 is 1. The molecule has 156 valence electrons. The van der Waals surface area contributed by atoms with Gasteiger partial charge in [-0.25, -0.2) is 4.99 Å². The topological polar surface area (TPSA) is 55.3 Å². The summed E-state index contributed by atoms with van der Waals surface area (Å²) in [6, 6.07) is 5.82. The molecule has 0 aliphatic carbocycles. The molecule has 28 heavy (non-hydrogen) atoms. The van der Waals surface area contributed by atoms with Gasteiger partial charge in [0, 0.05) is 26.2 Å². The summed E-state index contributed by atoms with van der Waals surface area (Å²) >= 11 is 0. The van der Waals surface area contributed by atoms with E-state index in [-0.39, 0.29) is 30.6 Å². The van der Waals surface area contributed by atoms with Gasteiger partial charge >= 0.3 is 0 Å². The van der Waals surface area contributed by atoms with Gasteiger partial charge in [-0.1, -0.05) is 12.0 Å². The third kappa shape index (κ3) is 7.40. The van der Waals surface area contributed by atoms with Crippen LogP contribution >= 0.6 is 24.0 Å². The van der Waals surface area contributed by atoms with E-state index in [1.807, 2.05) is 25.1 Å². The van der Waals surface area contributed by atoms with Gasteiger partial charge in [0.1, 0.15) is 6.61 Å². The fraction of sp³-hybridized carbons (Fsp3) is 0.571. The van der Waals surface area contributed by atoms with Crippen LogP contribution in [0.4, 0.5) is 0 Å². The summed E-state index contributed by atoms with van der Waals surface area (Å²) in [4.78, 5) is 7.11. The van der Waals surface area contributed by atoms with Gasteiger partial charge in [0.15, 0.2) is 17.5 Å². The second kappa shape index (κ2) is 13.5. The number of nitrogens with zero attached hydrogens (tertiary/aromatic N) is 2. The fourth-order valence-electron chi connectivity index (χ4n) is 3.11. The normalized spacial score (nSPS) is 14.8. The highest BCUT2D eigenvalue weighted by molar-refractivity contribution is 14.0. The Morgan fingerprint density at radius 3 is 2.64 bits per heavy atom. The molecule has 1 aromatic carbocycles. The maximum Gasteiger partial charge on any atom is 0.194 e. The molecule has 0 atom stereocenters. The van der Waals surface area contributed by atoms with Crippen molar-refractivity contribution in [3.05, 3.63) is 23.8 Å². The average Bonchev–Trinajstić information content (AvgIpc) is 2.70. The van der Waals surface area contributed by atoms with Crippen LogP contribution in [0.1, 0.15) is 32.3 Å². The summed E-state index contributed by atoms with van der Waals surface area (Å²) < 4.78 is 16.6. The Kier molecular flexibility index (Phi) is 11.8. The highest BCUT2D eigenvalue weighted by atomic mass is 127. The lowest BCUT2D eigenvalue weighted by atomic mass is 10.1. The molecule has 1 saturated heterocycles. The quantitative estimate of drug-likeness (QED) is 0.257. The van der Waals surface area contributed by atoms with Crippen molar-refractivity contribution in [1.82, 2.24) is 10.2 Å². The predicted octanol–water partition coefficient (Wildman–Crippen LogP) is 3.29. The Bertz CT molecular complexity index is 653. The summed E-state index contributed by atoms with van der Waals surface area (Å²) in [5.74, 6) is 4.73. The third-order valence-corrected chi connectivity index (χ3v) is 4.43. The zero-order valence-corrected chi connectivity index (χ0v) is 19.4. The molecule has 1 aliphatic rings. The van der Waals surface area contributed by atoms with Crippen molar-refractivity contribution < 1.29 is 14.2 Å². The average molecular weight is 501 g/mol. The third-order valence-electron chi connectivity index (χ3n) is 4.43. The maximum absolute atomic E-state index is 5.74. The lowest BCUT2D eigenvalue weighted by Gasteiger charge is -2.34. The van der Waals surface area contributed by atoms with Crippen LogP contribution < -0.4 is 14.8 Å². The zero-order valence-electron chi connectivity index (χ0n) is 17.1. The zero-order chi connectivity index (χ0) is 19.5. The smallest absolute Gasteiger partial charge is 0.194 e. The molecule has 1 N–H and O–H groups in total. The predicted molar refractivity (Wildman–Crippen MR) is 124 cm³/mol. The van der Waals surface area contributed by atoms with E-state index in [0.29, 0.717) is 24.1 Å². The van der Waals surface area contributed by atoms with Gasteiger partial charge in [0.25, 0.3) is 0 Å². The molecular weight excluding hydrogens is 469 g/mol. The number of halogens is 1. The van der Waals surface area contributed by atoms with Crippen LogP contribution in [0.15, 0.2) is 23.2 Å². The molecule has 0 aromatic heterocycles. The standard InChI is InChI=1S/C21H31N3O3.HI/c1-5-14-27-20-15-17(8-9-19(20)25-4)16-23-21(22-6-2)24-12-10-18(11-13-24)26-7-3;/h1,8-9,15,18H,6-7,10-14,16H2,2-4H3,(H,22,23);1H. The van der Waals surface area contributed by atoms with Crippen LogP contribution in [0.5, 0.6) is 11.5 Å². The first-order valence-electron chi connectivity index (χ1n) is 9.59. The fourth-order valence-corrected chi connectivity index (χ4v) is 3.11. The Balaban J connectivity index is 0.00000392. The molecule has 1 heterocycles. The number of aliphatic imine (C=N–C) groups is 1. The minimum Gasteiger partial charge on any atom is -0.493 e. The number of hydrogen-bond acceptors (Lipinski definition) is 4. The molecule has 0 bridgehead atoms. The highest BCUT2D eigenvalue weighted by Crippen LogP contribution is 2.28. The lowest BCUT2D eigenvalue weighted by molar-refractivity contribution is 0.0263. The molecule has 0 unspecified atom stereocenters. The number of hydrogen-bond donors (Lipinski definition) is 1. The van der Waals surface area contributed by atoms with Crippen molar-refractivity contribution in [2.24, 2.45) is 4.99 Å². The van der Waals surface area contributed by atoms with Crippen LogP contribution in [0.2, 0.25) is 0 Å². The van der Waals surface area contributed by atoms with Gasteiger partial charge in [0.05, 0.1) is 19.8 Å². The van der Waals surface area contributed by atoms with E-state index in [9.17, 15) is 0 Å². The highest BCUT2D eigenvalue weighted by Gasteiger charge is 2.21. The number of rotatable bonds is 8. The molecule has 1 fully saturated rings. The first kappa shape index (κ1) is 24.4. The molecule has 1 aromatic rings. The molecule has 0 amide bonds. The number of likely N-dealkylation sites (tertiary alicyclic amines) is 1. The molecule has 0 spiro atoms. The van der Waals surface area contributed by atoms with Gasteiger partial charge in [-0.2, -0.15) is 0 Å². The van der Waals surface area contributed by atoms with Crippen LogP contribution in [-0.2, 0) is 11.3 Å². The molecule has 7 heteroatoms. The Hall–Kier alpha value is -1.66. The summed E-state index contributed by atoms with van der Waals surface area (Å²) in [7, 11) is 1.62. The van der Waals surface area contributed by atoms with Crippen molar-refractivity contribution in [2.45, 2.75) is 39.3 Å².